The molecule has 4 amide bonds. The Morgan fingerprint density at radius 2 is 1.79 bits per heavy atom. The minimum Gasteiger partial charge on any atom is -0.508 e. The first-order chi connectivity index (χ1) is 29.8. The van der Waals surface area contributed by atoms with E-state index < -0.39 is 96.3 Å². The van der Waals surface area contributed by atoms with Gasteiger partial charge in [0.2, 0.25) is 11.8 Å². The van der Waals surface area contributed by atoms with Crippen molar-refractivity contribution in [3.8, 4) is 5.75 Å². The molecule has 1 aromatic rings. The van der Waals surface area contributed by atoms with Crippen LogP contribution in [0, 0.1) is 17.8 Å². The molecule has 6 N–H and O–H groups in total. The number of hydroxylamine groups is 2. The standard InChI is InChI=1S/C45H61F2N5O11/c1-27(2)39-42(59)48-35(26-31-14-10-15-32(54)25-31)43(60)51-23-11-16-34(50-51)44(61)63-37(28(3)13-9-19-38(56)52-45(46,47)22-12-24-62-52)18-8-6-7-17-36(55)30(5)40(57)33(41(58)49-39)21-20-29(4)53/h6-10,13-15,17,19,25,27,30,33-37,39-40,50,54-55,57H,11-12,16,18,20-24,26H2,1-5H3,(H,48,59)(H,49,58)/b8-6+,17-7+,19-9+,28-13+/t30-,33+,34?,35-,36-,37-,39-,40+/m0/s1. The first kappa shape index (κ1) is 50.3. The van der Waals surface area contributed by atoms with Crippen molar-refractivity contribution in [3.63, 3.8) is 0 Å². The van der Waals surface area contributed by atoms with Crippen LogP contribution in [0.15, 0.2) is 72.4 Å². The largest absolute Gasteiger partial charge is 0.508 e. The lowest BCUT2D eigenvalue weighted by atomic mass is 9.84. The topological polar surface area (TPSA) is 224 Å². The van der Waals surface area contributed by atoms with Gasteiger partial charge < -0.3 is 35.5 Å². The van der Waals surface area contributed by atoms with Crippen molar-refractivity contribution in [2.75, 3.05) is 13.2 Å². The molecule has 3 aliphatic heterocycles. The van der Waals surface area contributed by atoms with Crippen molar-refractivity contribution in [2.24, 2.45) is 17.8 Å². The van der Waals surface area contributed by atoms with E-state index in [2.05, 4.69) is 16.1 Å². The second-order valence-corrected chi connectivity index (χ2v) is 16.6. The number of ether oxygens (including phenoxy) is 1. The van der Waals surface area contributed by atoms with Gasteiger partial charge in [0.15, 0.2) is 0 Å². The summed E-state index contributed by atoms with van der Waals surface area (Å²) >= 11 is 0. The van der Waals surface area contributed by atoms with Crippen molar-refractivity contribution in [2.45, 2.75) is 128 Å². The summed E-state index contributed by atoms with van der Waals surface area (Å²) in [4.78, 5) is 85.7. The predicted octanol–water partition coefficient (Wildman–Crippen LogP) is 3.48. The monoisotopic (exact) mass is 885 g/mol. The summed E-state index contributed by atoms with van der Waals surface area (Å²) in [7, 11) is 0. The summed E-state index contributed by atoms with van der Waals surface area (Å²) in [5.41, 5.74) is 3.85. The van der Waals surface area contributed by atoms with E-state index in [4.69, 9.17) is 9.57 Å². The van der Waals surface area contributed by atoms with Crippen molar-refractivity contribution in [3.05, 3.63) is 77.9 Å². The number of benzene rings is 1. The van der Waals surface area contributed by atoms with Crippen LogP contribution >= 0.6 is 0 Å². The minimum absolute atomic E-state index is 0.0360. The average Bonchev–Trinajstić information content (AvgIpc) is 3.23. The maximum atomic E-state index is 14.3. The molecule has 0 radical (unpaired) electrons. The van der Waals surface area contributed by atoms with Crippen LogP contribution in [0.25, 0.3) is 0 Å². The molecular weight excluding hydrogens is 825 g/mol. The molecule has 2 fully saturated rings. The summed E-state index contributed by atoms with van der Waals surface area (Å²) in [6.07, 6.45) is 5.97. The molecule has 2 saturated heterocycles. The Morgan fingerprint density at radius 1 is 1.05 bits per heavy atom. The van der Waals surface area contributed by atoms with E-state index in [1.54, 1.807) is 45.1 Å². The number of hydrogen-bond acceptors (Lipinski definition) is 12. The first-order valence-electron chi connectivity index (χ1n) is 21.3. The summed E-state index contributed by atoms with van der Waals surface area (Å²) in [6.45, 7) is 7.96. The maximum absolute atomic E-state index is 14.3. The number of carbonyl (C=O) groups is 6. The number of Topliss-reactive ketones (excluding diaryl/α,β-unsaturated/α-hetero) is 1. The molecule has 18 heteroatoms. The number of phenolic OH excluding ortho intramolecular Hbond substituents is 1. The molecular formula is C45H61F2N5O11. The average molecular weight is 886 g/mol. The lowest BCUT2D eigenvalue weighted by molar-refractivity contribution is -0.317. The van der Waals surface area contributed by atoms with Gasteiger partial charge in [-0.05, 0) is 68.7 Å². The number of aliphatic hydroxyl groups excluding tert-OH is 2. The van der Waals surface area contributed by atoms with Gasteiger partial charge in [0.1, 0.15) is 35.8 Å². The highest BCUT2D eigenvalue weighted by Gasteiger charge is 2.43. The number of fused-ring (bicyclic) bond motifs is 2. The van der Waals surface area contributed by atoms with Crippen LogP contribution in [0.4, 0.5) is 8.78 Å². The molecule has 1 aromatic carbocycles. The lowest BCUT2D eigenvalue weighted by Gasteiger charge is -2.36. The van der Waals surface area contributed by atoms with Crippen molar-refractivity contribution in [1.29, 1.82) is 0 Å². The summed E-state index contributed by atoms with van der Waals surface area (Å²) in [5.74, 6) is -6.88. The number of alkyl halides is 2. The molecule has 2 bridgehead atoms. The number of allylic oxidation sites excluding steroid dienone is 4. The predicted molar refractivity (Wildman–Crippen MR) is 226 cm³/mol. The van der Waals surface area contributed by atoms with Gasteiger partial charge in [-0.2, -0.15) is 13.8 Å². The van der Waals surface area contributed by atoms with E-state index in [0.29, 0.717) is 17.6 Å². The van der Waals surface area contributed by atoms with Crippen molar-refractivity contribution in [1.82, 2.24) is 26.1 Å². The third kappa shape index (κ3) is 14.6. The second kappa shape index (κ2) is 23.4. The van der Waals surface area contributed by atoms with E-state index in [1.165, 1.54) is 55.3 Å². The quantitative estimate of drug-likeness (QED) is 0.0908. The molecule has 346 valence electrons. The van der Waals surface area contributed by atoms with E-state index in [1.807, 2.05) is 0 Å². The third-order valence-corrected chi connectivity index (χ3v) is 11.2. The van der Waals surface area contributed by atoms with Gasteiger partial charge in [-0.1, -0.05) is 69.4 Å². The van der Waals surface area contributed by atoms with Gasteiger partial charge in [0.25, 0.3) is 11.8 Å². The van der Waals surface area contributed by atoms with E-state index in [0.717, 1.165) is 6.08 Å². The molecule has 3 aliphatic rings. The molecule has 63 heavy (non-hydrogen) atoms. The van der Waals surface area contributed by atoms with Gasteiger partial charge in [-0.15, -0.1) is 0 Å². The Morgan fingerprint density at radius 3 is 2.48 bits per heavy atom. The molecule has 3 heterocycles. The SMILES string of the molecule is CC(=O)CC[C@H]1C(=O)N[C@@H](C(C)C)C(=O)N[C@@H](Cc2cccc(O)c2)C(=O)N2CCCC(N2)C(=O)O[C@H](/C(C)=C/C=C/C(=O)N2OCCCC2(F)F)C/C=C/C=C/[C@H](O)[C@H](C)[C@H]1O. The Hall–Kier alpha value is -5.30. The van der Waals surface area contributed by atoms with Gasteiger partial charge in [0, 0.05) is 44.2 Å². The Bertz CT molecular complexity index is 1920. The molecule has 0 aliphatic carbocycles. The number of cyclic esters (lactones) is 1. The third-order valence-electron chi connectivity index (χ3n) is 11.2. The number of phenols is 1. The van der Waals surface area contributed by atoms with E-state index in [-0.39, 0.29) is 68.3 Å². The lowest BCUT2D eigenvalue weighted by Crippen LogP contribution is -2.62. The summed E-state index contributed by atoms with van der Waals surface area (Å²) < 4.78 is 34.6. The number of hydrogen-bond donors (Lipinski definition) is 6. The Balaban J connectivity index is 1.71. The highest BCUT2D eigenvalue weighted by molar-refractivity contribution is 5.93. The van der Waals surface area contributed by atoms with Gasteiger partial charge in [0.05, 0.1) is 24.7 Å². The molecule has 4 rings (SSSR count). The van der Waals surface area contributed by atoms with Crippen LogP contribution in [0.1, 0.15) is 85.1 Å². The fourth-order valence-electron chi connectivity index (χ4n) is 7.37. The smallest absolute Gasteiger partial charge is 0.349 e. The summed E-state index contributed by atoms with van der Waals surface area (Å²) in [6, 6.07) is -0.874. The first-order valence-corrected chi connectivity index (χ1v) is 21.3. The number of amides is 4. The van der Waals surface area contributed by atoms with Crippen LogP contribution in [-0.4, -0.2) is 116 Å². The fourth-order valence-corrected chi connectivity index (χ4v) is 7.37. The van der Waals surface area contributed by atoms with Crippen LogP contribution in [0.2, 0.25) is 0 Å². The number of nitrogens with zero attached hydrogens (tertiary/aromatic N) is 2. The number of halogens is 2. The molecule has 0 aromatic heterocycles. The van der Waals surface area contributed by atoms with Crippen LogP contribution in [-0.2, 0) is 44.8 Å². The minimum atomic E-state index is -3.48. The Labute approximate surface area is 366 Å². The van der Waals surface area contributed by atoms with Crippen LogP contribution in [0.5, 0.6) is 5.75 Å². The highest BCUT2D eigenvalue weighted by Crippen LogP contribution is 2.30. The molecule has 16 nitrogen and oxygen atoms in total. The zero-order valence-electron chi connectivity index (χ0n) is 36.4. The molecule has 0 saturated carbocycles. The van der Waals surface area contributed by atoms with Crippen LogP contribution < -0.4 is 16.1 Å². The molecule has 1 unspecified atom stereocenters. The van der Waals surface area contributed by atoms with Gasteiger partial charge in [-0.3, -0.25) is 33.8 Å². The number of rotatable bonds is 9. The number of esters is 1. The normalized spacial score (nSPS) is 29.5. The number of hydrazine groups is 1. The summed E-state index contributed by atoms with van der Waals surface area (Å²) in [5, 5.41) is 39.5. The van der Waals surface area contributed by atoms with Gasteiger partial charge >= 0.3 is 12.0 Å². The number of nitrogens with one attached hydrogen (secondary N) is 3. The van der Waals surface area contributed by atoms with Crippen molar-refractivity contribution >= 4 is 35.4 Å². The van der Waals surface area contributed by atoms with E-state index >= 15 is 0 Å². The zero-order valence-corrected chi connectivity index (χ0v) is 36.4. The molecule has 8 atom stereocenters. The molecule has 0 spiro atoms. The van der Waals surface area contributed by atoms with Crippen molar-refractivity contribution < 1.29 is 62.4 Å². The number of carbonyl (C=O) groups excluding carboxylic acids is 6. The fraction of sp³-hybridized carbons (Fsp3) is 0.556. The van der Waals surface area contributed by atoms with Gasteiger partial charge in [-0.25, -0.2) is 5.43 Å². The van der Waals surface area contributed by atoms with Crippen LogP contribution in [0.3, 0.4) is 0 Å². The van der Waals surface area contributed by atoms with E-state index in [9.17, 15) is 52.9 Å². The second-order valence-electron chi connectivity index (χ2n) is 16.6. The highest BCUT2D eigenvalue weighted by atomic mass is 19.3. The number of aromatic hydroxyl groups is 1. The maximum Gasteiger partial charge on any atom is 0.349 e. The number of aliphatic hydroxyl groups is 2. The zero-order chi connectivity index (χ0) is 46.4. The Kier molecular flexibility index (Phi) is 18.7. The number of ketones is 1.